The van der Waals surface area contributed by atoms with Gasteiger partial charge in [-0.05, 0) is 46.0 Å². The Hall–Kier alpha value is -0.800. The zero-order chi connectivity index (χ0) is 13.6. The Morgan fingerprint density at radius 1 is 1.28 bits per heavy atom. The van der Waals surface area contributed by atoms with Crippen LogP contribution in [0.15, 0.2) is 23.0 Å². The molecule has 1 aromatic rings. The molecule has 0 bridgehead atoms. The molecule has 0 spiro atoms. The maximum atomic E-state index is 5.26. The molecule has 1 rings (SSSR count). The molecule has 0 saturated carbocycles. The molecule has 1 unspecified atom stereocenters. The summed E-state index contributed by atoms with van der Waals surface area (Å²) in [5, 5.41) is 3.66. The Morgan fingerprint density at radius 3 is 2.39 bits per heavy atom. The molecule has 1 aromatic heterocycles. The lowest BCUT2D eigenvalue weighted by atomic mass is 9.88. The fourth-order valence-electron chi connectivity index (χ4n) is 2.72. The molecule has 0 amide bonds. The highest BCUT2D eigenvalue weighted by Gasteiger charge is 2.35. The molecule has 0 radical (unpaired) electrons. The van der Waals surface area contributed by atoms with Crippen molar-refractivity contribution in [1.29, 1.82) is 0 Å². The van der Waals surface area contributed by atoms with E-state index in [2.05, 4.69) is 50.9 Å². The van der Waals surface area contributed by atoms with Crippen LogP contribution < -0.4 is 5.32 Å². The summed E-state index contributed by atoms with van der Waals surface area (Å²) in [5.41, 5.74) is 1.31. The quantitative estimate of drug-likeness (QED) is 0.768. The molecule has 104 valence electrons. The number of hydrogen-bond donors (Lipinski definition) is 1. The summed E-state index contributed by atoms with van der Waals surface area (Å²) in [4.78, 5) is 2.49. The van der Waals surface area contributed by atoms with E-state index in [4.69, 9.17) is 4.42 Å². The topological polar surface area (TPSA) is 28.4 Å². The van der Waals surface area contributed by atoms with E-state index in [1.807, 2.05) is 6.26 Å². The van der Waals surface area contributed by atoms with Crippen LogP contribution >= 0.6 is 0 Å². The Kier molecular flexibility index (Phi) is 5.89. The Labute approximate surface area is 112 Å². The van der Waals surface area contributed by atoms with Crippen molar-refractivity contribution >= 4 is 0 Å². The smallest absolute Gasteiger partial charge is 0.0951 e. The Balaban J connectivity index is 2.94. The molecule has 1 atom stereocenters. The highest BCUT2D eigenvalue weighted by atomic mass is 16.3. The van der Waals surface area contributed by atoms with Crippen LogP contribution in [0.2, 0.25) is 0 Å². The van der Waals surface area contributed by atoms with Crippen LogP contribution in [0.4, 0.5) is 0 Å². The van der Waals surface area contributed by atoms with Gasteiger partial charge in [0.2, 0.25) is 0 Å². The molecule has 18 heavy (non-hydrogen) atoms. The minimum atomic E-state index is 0.0720. The molecular formula is C15H28N2O. The fourth-order valence-corrected chi connectivity index (χ4v) is 2.72. The summed E-state index contributed by atoms with van der Waals surface area (Å²) in [6.45, 7) is 14.4. The van der Waals surface area contributed by atoms with Gasteiger partial charge in [-0.1, -0.05) is 20.8 Å². The van der Waals surface area contributed by atoms with Crippen molar-refractivity contribution < 1.29 is 4.42 Å². The van der Waals surface area contributed by atoms with Gasteiger partial charge in [0.15, 0.2) is 0 Å². The minimum Gasteiger partial charge on any atom is -0.472 e. The van der Waals surface area contributed by atoms with E-state index in [9.17, 15) is 0 Å². The molecule has 0 aromatic carbocycles. The monoisotopic (exact) mass is 252 g/mol. The van der Waals surface area contributed by atoms with Gasteiger partial charge in [0.05, 0.1) is 18.6 Å². The number of furan rings is 1. The predicted octanol–water partition coefficient (Wildman–Crippen LogP) is 3.44. The average molecular weight is 252 g/mol. The lowest BCUT2D eigenvalue weighted by Gasteiger charge is -2.43. The number of hydrogen-bond acceptors (Lipinski definition) is 3. The van der Waals surface area contributed by atoms with Gasteiger partial charge >= 0.3 is 0 Å². The van der Waals surface area contributed by atoms with Crippen molar-refractivity contribution in [2.75, 3.05) is 19.6 Å². The van der Waals surface area contributed by atoms with E-state index in [1.165, 1.54) is 5.56 Å². The van der Waals surface area contributed by atoms with Gasteiger partial charge in [-0.15, -0.1) is 0 Å². The molecule has 3 heteroatoms. The van der Waals surface area contributed by atoms with E-state index < -0.39 is 0 Å². The first-order valence-electron chi connectivity index (χ1n) is 7.08. The number of rotatable bonds is 8. The molecule has 0 aliphatic heterocycles. The van der Waals surface area contributed by atoms with E-state index >= 15 is 0 Å². The second-order valence-electron chi connectivity index (χ2n) is 5.27. The van der Waals surface area contributed by atoms with Gasteiger partial charge in [-0.25, -0.2) is 0 Å². The lowest BCUT2D eigenvalue weighted by molar-refractivity contribution is 0.0909. The third kappa shape index (κ3) is 3.36. The van der Waals surface area contributed by atoms with Crippen molar-refractivity contribution in [3.63, 3.8) is 0 Å². The summed E-state index contributed by atoms with van der Waals surface area (Å²) in [6.07, 6.45) is 4.76. The Bertz CT molecular complexity index is 315. The largest absolute Gasteiger partial charge is 0.472 e. The van der Waals surface area contributed by atoms with Crippen LogP contribution in [0.3, 0.4) is 0 Å². The van der Waals surface area contributed by atoms with Gasteiger partial charge in [-0.2, -0.15) is 0 Å². The van der Waals surface area contributed by atoms with Crippen molar-refractivity contribution in [3.8, 4) is 0 Å². The molecule has 1 N–H and O–H groups in total. The predicted molar refractivity (Wildman–Crippen MR) is 76.7 cm³/mol. The van der Waals surface area contributed by atoms with Gasteiger partial charge in [0.25, 0.3) is 0 Å². The van der Waals surface area contributed by atoms with Crippen molar-refractivity contribution in [2.45, 2.75) is 52.6 Å². The highest BCUT2D eigenvalue weighted by Crippen LogP contribution is 2.31. The van der Waals surface area contributed by atoms with E-state index in [0.29, 0.717) is 6.04 Å². The summed E-state index contributed by atoms with van der Waals surface area (Å²) in [5.74, 6) is 0. The molecule has 1 heterocycles. The van der Waals surface area contributed by atoms with Gasteiger partial charge in [0, 0.05) is 11.1 Å². The first-order chi connectivity index (χ1) is 8.57. The molecule has 0 fully saturated rings. The van der Waals surface area contributed by atoms with Crippen LogP contribution in [0.5, 0.6) is 0 Å². The Morgan fingerprint density at radius 2 is 1.94 bits per heavy atom. The minimum absolute atomic E-state index is 0.0720. The second kappa shape index (κ2) is 6.95. The summed E-state index contributed by atoms with van der Waals surface area (Å²) >= 11 is 0. The van der Waals surface area contributed by atoms with Crippen LogP contribution in [-0.4, -0.2) is 30.1 Å². The van der Waals surface area contributed by atoms with Gasteiger partial charge in [-0.3, -0.25) is 4.90 Å². The average Bonchev–Trinajstić information content (AvgIpc) is 2.84. The number of nitrogens with zero attached hydrogens (tertiary/aromatic N) is 1. The summed E-state index contributed by atoms with van der Waals surface area (Å²) < 4.78 is 5.26. The summed E-state index contributed by atoms with van der Waals surface area (Å²) in [6, 6.07) is 2.37. The second-order valence-corrected chi connectivity index (χ2v) is 5.27. The van der Waals surface area contributed by atoms with Crippen molar-refractivity contribution in [1.82, 2.24) is 10.2 Å². The molecular weight excluding hydrogens is 224 g/mol. The molecule has 3 nitrogen and oxygen atoms in total. The first-order valence-corrected chi connectivity index (χ1v) is 7.08. The number of nitrogens with one attached hydrogen (secondary N) is 1. The van der Waals surface area contributed by atoms with Crippen LogP contribution in [0, 0.1) is 0 Å². The lowest BCUT2D eigenvalue weighted by Crippen LogP contribution is -2.52. The summed E-state index contributed by atoms with van der Waals surface area (Å²) in [7, 11) is 0. The fraction of sp³-hybridized carbons (Fsp3) is 0.733. The van der Waals surface area contributed by atoms with E-state index in [1.54, 1.807) is 6.26 Å². The van der Waals surface area contributed by atoms with E-state index in [-0.39, 0.29) is 5.54 Å². The third-order valence-electron chi connectivity index (χ3n) is 3.76. The third-order valence-corrected chi connectivity index (χ3v) is 3.76. The molecule has 0 saturated heterocycles. The van der Waals surface area contributed by atoms with Crippen LogP contribution in [0.1, 0.15) is 52.6 Å². The first kappa shape index (κ1) is 15.3. The van der Waals surface area contributed by atoms with Crippen LogP contribution in [-0.2, 0) is 0 Å². The van der Waals surface area contributed by atoms with Crippen molar-refractivity contribution in [2.24, 2.45) is 0 Å². The SMILES string of the molecule is CCCNC(c1ccoc1)C(C)(C)N(CC)CC. The van der Waals surface area contributed by atoms with Gasteiger partial charge in [0.1, 0.15) is 0 Å². The zero-order valence-electron chi connectivity index (χ0n) is 12.5. The van der Waals surface area contributed by atoms with Crippen molar-refractivity contribution in [3.05, 3.63) is 24.2 Å². The van der Waals surface area contributed by atoms with E-state index in [0.717, 1.165) is 26.1 Å². The molecule has 0 aliphatic rings. The standard InChI is InChI=1S/C15H28N2O/c1-6-10-16-14(13-9-11-18-12-13)15(4,5)17(7-2)8-3/h9,11-12,14,16H,6-8,10H2,1-5H3. The highest BCUT2D eigenvalue weighted by molar-refractivity contribution is 5.17. The van der Waals surface area contributed by atoms with Crippen LogP contribution in [0.25, 0.3) is 0 Å². The zero-order valence-corrected chi connectivity index (χ0v) is 12.5. The van der Waals surface area contributed by atoms with Gasteiger partial charge < -0.3 is 9.73 Å². The number of likely N-dealkylation sites (N-methyl/N-ethyl adjacent to an activating group) is 1. The normalized spacial score (nSPS) is 14.1. The maximum absolute atomic E-state index is 5.26. The maximum Gasteiger partial charge on any atom is 0.0951 e. The molecule has 0 aliphatic carbocycles.